The molecule has 0 unspecified atom stereocenters. The summed E-state index contributed by atoms with van der Waals surface area (Å²) in [6.45, 7) is 0. The summed E-state index contributed by atoms with van der Waals surface area (Å²) >= 11 is 0. The molecule has 0 spiro atoms. The highest BCUT2D eigenvalue weighted by atomic mass is 16.2. The first-order chi connectivity index (χ1) is 6.18. The standard InChI is InChI=1S/C9H9NO3/c11-5-2-3-1-4(5)7-6(3)8(12)10-9(7)13/h3-4,6-7H,1-2H2,(H,10,12,13)/t3-,4+,6-,7+/m1/s1. The lowest BCUT2D eigenvalue weighted by Gasteiger charge is -2.18. The van der Waals surface area contributed by atoms with Crippen LogP contribution in [0.4, 0.5) is 0 Å². The van der Waals surface area contributed by atoms with Crippen LogP contribution >= 0.6 is 0 Å². The van der Waals surface area contributed by atoms with Crippen molar-refractivity contribution in [2.75, 3.05) is 0 Å². The van der Waals surface area contributed by atoms with Crippen LogP contribution in [-0.4, -0.2) is 17.6 Å². The van der Waals surface area contributed by atoms with Crippen molar-refractivity contribution >= 4 is 17.6 Å². The van der Waals surface area contributed by atoms with Crippen molar-refractivity contribution in [1.82, 2.24) is 5.32 Å². The fourth-order valence-electron chi connectivity index (χ4n) is 3.13. The maximum atomic E-state index is 11.3. The van der Waals surface area contributed by atoms with E-state index in [9.17, 15) is 14.4 Å². The minimum atomic E-state index is -0.321. The fraction of sp³-hybridized carbons (Fsp3) is 0.667. The molecule has 0 aromatic carbocycles. The van der Waals surface area contributed by atoms with Crippen LogP contribution < -0.4 is 5.32 Å². The summed E-state index contributed by atoms with van der Waals surface area (Å²) in [6.07, 6.45) is 1.26. The molecule has 0 aromatic heterocycles. The Morgan fingerprint density at radius 3 is 2.54 bits per heavy atom. The number of ketones is 1. The Balaban J connectivity index is 2.05. The van der Waals surface area contributed by atoms with Crippen LogP contribution in [-0.2, 0) is 14.4 Å². The number of rotatable bonds is 0. The van der Waals surface area contributed by atoms with Gasteiger partial charge in [0.05, 0.1) is 11.8 Å². The number of Topliss-reactive ketones (excluding diaryl/α,β-unsaturated/α-hetero) is 1. The quantitative estimate of drug-likeness (QED) is 0.509. The third-order valence-corrected chi connectivity index (χ3v) is 3.61. The monoisotopic (exact) mass is 179 g/mol. The van der Waals surface area contributed by atoms with E-state index in [1.54, 1.807) is 0 Å². The SMILES string of the molecule is O=C1NC(=O)[C@@H]2[C@H]1[C@H]1CC(=O)[C@@H]2C1. The highest BCUT2D eigenvalue weighted by Crippen LogP contribution is 2.52. The number of amides is 2. The van der Waals surface area contributed by atoms with Gasteiger partial charge in [0, 0.05) is 12.3 Å². The molecule has 2 saturated carbocycles. The van der Waals surface area contributed by atoms with Crippen molar-refractivity contribution in [3.8, 4) is 0 Å². The number of hydrogen-bond donors (Lipinski definition) is 1. The highest BCUT2D eigenvalue weighted by molar-refractivity contribution is 6.09. The van der Waals surface area contributed by atoms with Crippen LogP contribution in [0.15, 0.2) is 0 Å². The predicted octanol–water partition coefficient (Wildman–Crippen LogP) is -0.516. The summed E-state index contributed by atoms with van der Waals surface area (Å²) < 4.78 is 0. The van der Waals surface area contributed by atoms with Gasteiger partial charge in [-0.15, -0.1) is 0 Å². The number of imide groups is 1. The average molecular weight is 179 g/mol. The molecule has 3 rings (SSSR count). The molecule has 1 heterocycles. The van der Waals surface area contributed by atoms with Crippen molar-refractivity contribution in [2.24, 2.45) is 23.7 Å². The van der Waals surface area contributed by atoms with Gasteiger partial charge in [0.25, 0.3) is 0 Å². The van der Waals surface area contributed by atoms with Gasteiger partial charge in [0.15, 0.2) is 0 Å². The van der Waals surface area contributed by atoms with Crippen molar-refractivity contribution in [3.63, 3.8) is 0 Å². The van der Waals surface area contributed by atoms with Crippen molar-refractivity contribution in [2.45, 2.75) is 12.8 Å². The Bertz CT molecular complexity index is 336. The minimum absolute atomic E-state index is 0.147. The van der Waals surface area contributed by atoms with Crippen LogP contribution in [0.1, 0.15) is 12.8 Å². The molecule has 4 heteroatoms. The van der Waals surface area contributed by atoms with Gasteiger partial charge in [-0.3, -0.25) is 19.7 Å². The third-order valence-electron chi connectivity index (χ3n) is 3.61. The van der Waals surface area contributed by atoms with Crippen LogP contribution in [0.5, 0.6) is 0 Å². The highest BCUT2D eigenvalue weighted by Gasteiger charge is 2.61. The largest absolute Gasteiger partial charge is 0.299 e. The lowest BCUT2D eigenvalue weighted by Crippen LogP contribution is -2.30. The Hall–Kier alpha value is -1.19. The number of carbonyl (C=O) groups excluding carboxylic acids is 3. The summed E-state index contributed by atoms with van der Waals surface area (Å²) in [7, 11) is 0. The molecule has 1 aliphatic heterocycles. The molecule has 3 aliphatic rings. The van der Waals surface area contributed by atoms with E-state index in [0.29, 0.717) is 6.42 Å². The van der Waals surface area contributed by atoms with Gasteiger partial charge in [0.2, 0.25) is 11.8 Å². The molecule has 68 valence electrons. The van der Waals surface area contributed by atoms with Gasteiger partial charge >= 0.3 is 0 Å². The first-order valence-electron chi connectivity index (χ1n) is 4.56. The van der Waals surface area contributed by atoms with E-state index < -0.39 is 0 Å². The minimum Gasteiger partial charge on any atom is -0.299 e. The lowest BCUT2D eigenvalue weighted by atomic mass is 9.80. The second kappa shape index (κ2) is 2.00. The summed E-state index contributed by atoms with van der Waals surface area (Å²) in [6, 6.07) is 0. The molecular formula is C9H9NO3. The lowest BCUT2D eigenvalue weighted by molar-refractivity contribution is -0.131. The molecule has 4 nitrogen and oxygen atoms in total. The predicted molar refractivity (Wildman–Crippen MR) is 41.4 cm³/mol. The van der Waals surface area contributed by atoms with E-state index in [0.717, 1.165) is 6.42 Å². The van der Waals surface area contributed by atoms with Gasteiger partial charge in [-0.1, -0.05) is 0 Å². The van der Waals surface area contributed by atoms with Gasteiger partial charge < -0.3 is 0 Å². The smallest absolute Gasteiger partial charge is 0.231 e. The van der Waals surface area contributed by atoms with Crippen molar-refractivity contribution < 1.29 is 14.4 Å². The Kier molecular flexibility index (Phi) is 1.11. The Morgan fingerprint density at radius 1 is 1.08 bits per heavy atom. The summed E-state index contributed by atoms with van der Waals surface area (Å²) in [4.78, 5) is 34.0. The number of fused-ring (bicyclic) bond motifs is 5. The van der Waals surface area contributed by atoms with E-state index in [2.05, 4.69) is 5.32 Å². The maximum Gasteiger partial charge on any atom is 0.231 e. The van der Waals surface area contributed by atoms with E-state index in [1.165, 1.54) is 0 Å². The molecule has 1 saturated heterocycles. The molecular weight excluding hydrogens is 170 g/mol. The van der Waals surface area contributed by atoms with Crippen molar-refractivity contribution in [1.29, 1.82) is 0 Å². The summed E-state index contributed by atoms with van der Waals surface area (Å²) in [5, 5.41) is 2.31. The maximum absolute atomic E-state index is 11.3. The van der Waals surface area contributed by atoms with Crippen LogP contribution in [0.2, 0.25) is 0 Å². The number of hydrogen-bond acceptors (Lipinski definition) is 3. The zero-order chi connectivity index (χ0) is 9.16. The first kappa shape index (κ1) is 7.24. The molecule has 2 amide bonds. The molecule has 1 N–H and O–H groups in total. The second-order valence-corrected chi connectivity index (χ2v) is 4.18. The van der Waals surface area contributed by atoms with E-state index in [-0.39, 0.29) is 41.3 Å². The van der Waals surface area contributed by atoms with Gasteiger partial charge in [-0.2, -0.15) is 0 Å². The Labute approximate surface area is 74.7 Å². The van der Waals surface area contributed by atoms with E-state index in [4.69, 9.17) is 0 Å². The Morgan fingerprint density at radius 2 is 1.77 bits per heavy atom. The van der Waals surface area contributed by atoms with Crippen molar-refractivity contribution in [3.05, 3.63) is 0 Å². The van der Waals surface area contributed by atoms with Gasteiger partial charge in [-0.25, -0.2) is 0 Å². The summed E-state index contributed by atoms with van der Waals surface area (Å²) in [5.74, 6) is -0.717. The fourth-order valence-corrected chi connectivity index (χ4v) is 3.13. The van der Waals surface area contributed by atoms with Gasteiger partial charge in [0.1, 0.15) is 5.78 Å². The molecule has 0 aromatic rings. The summed E-state index contributed by atoms with van der Waals surface area (Å²) in [5.41, 5.74) is 0. The number of carbonyl (C=O) groups is 3. The third kappa shape index (κ3) is 0.692. The second-order valence-electron chi connectivity index (χ2n) is 4.18. The van der Waals surface area contributed by atoms with E-state index in [1.807, 2.05) is 0 Å². The van der Waals surface area contributed by atoms with Crippen LogP contribution in [0.3, 0.4) is 0 Å². The molecule has 13 heavy (non-hydrogen) atoms. The molecule has 0 radical (unpaired) electrons. The van der Waals surface area contributed by atoms with Crippen LogP contribution in [0.25, 0.3) is 0 Å². The molecule has 2 aliphatic carbocycles. The van der Waals surface area contributed by atoms with Gasteiger partial charge in [-0.05, 0) is 12.3 Å². The normalized spacial score (nSPS) is 46.9. The van der Waals surface area contributed by atoms with E-state index >= 15 is 0 Å². The first-order valence-corrected chi connectivity index (χ1v) is 4.56. The molecule has 2 bridgehead atoms. The average Bonchev–Trinajstić information content (AvgIpc) is 2.64. The zero-order valence-electron chi connectivity index (χ0n) is 6.95. The zero-order valence-corrected chi connectivity index (χ0v) is 6.95. The molecule has 4 atom stereocenters. The topological polar surface area (TPSA) is 63.2 Å². The number of nitrogens with one attached hydrogen (secondary N) is 1. The van der Waals surface area contributed by atoms with Crippen LogP contribution in [0, 0.1) is 23.7 Å². The molecule has 3 fully saturated rings.